The number of anilines is 1. The highest BCUT2D eigenvalue weighted by Crippen LogP contribution is 2.21. The molecule has 0 aliphatic heterocycles. The molecule has 0 heterocycles. The van der Waals surface area contributed by atoms with Gasteiger partial charge in [-0.15, -0.1) is 0 Å². The van der Waals surface area contributed by atoms with Gasteiger partial charge < -0.3 is 10.6 Å². The number of hydrogen-bond acceptors (Lipinski definition) is 2. The molecule has 84 valence electrons. The smallest absolute Gasteiger partial charge is 0.0409 e. The van der Waals surface area contributed by atoms with Gasteiger partial charge in [-0.2, -0.15) is 0 Å². The lowest BCUT2D eigenvalue weighted by molar-refractivity contribution is 0.579. The molecule has 2 N–H and O–H groups in total. The Bertz CT molecular complexity index is 296. The van der Waals surface area contributed by atoms with Crippen LogP contribution >= 0.6 is 0 Å². The van der Waals surface area contributed by atoms with Gasteiger partial charge in [0, 0.05) is 25.3 Å². The maximum atomic E-state index is 5.81. The molecule has 0 aromatic heterocycles. The number of hydrogen-bond donors (Lipinski definition) is 1. The molecule has 0 radical (unpaired) electrons. The largest absolute Gasteiger partial charge is 0.370 e. The molecule has 2 nitrogen and oxygen atoms in total. The minimum absolute atomic E-state index is 0.455. The van der Waals surface area contributed by atoms with Crippen molar-refractivity contribution >= 4 is 5.69 Å². The van der Waals surface area contributed by atoms with Crippen molar-refractivity contribution in [3.8, 4) is 0 Å². The van der Waals surface area contributed by atoms with E-state index in [1.54, 1.807) is 0 Å². The van der Waals surface area contributed by atoms with E-state index in [9.17, 15) is 0 Å². The van der Waals surface area contributed by atoms with E-state index in [0.717, 1.165) is 13.0 Å². The predicted molar refractivity (Wildman–Crippen MR) is 67.3 cm³/mol. The number of para-hydroxylation sites is 1. The third kappa shape index (κ3) is 2.96. The maximum Gasteiger partial charge on any atom is 0.0409 e. The molecular weight excluding hydrogens is 184 g/mol. The molecule has 1 atom stereocenters. The van der Waals surface area contributed by atoms with Gasteiger partial charge in [0.15, 0.2) is 0 Å². The van der Waals surface area contributed by atoms with Gasteiger partial charge in [0.25, 0.3) is 0 Å². The Balaban J connectivity index is 2.82. The molecule has 0 fully saturated rings. The van der Waals surface area contributed by atoms with Crippen molar-refractivity contribution in [2.45, 2.75) is 32.7 Å². The first-order valence-electron chi connectivity index (χ1n) is 5.69. The van der Waals surface area contributed by atoms with Crippen LogP contribution in [0.1, 0.15) is 25.3 Å². The summed E-state index contributed by atoms with van der Waals surface area (Å²) >= 11 is 0. The zero-order chi connectivity index (χ0) is 11.3. The van der Waals surface area contributed by atoms with Gasteiger partial charge in [-0.3, -0.25) is 0 Å². The summed E-state index contributed by atoms with van der Waals surface area (Å²) in [7, 11) is 2.13. The Morgan fingerprint density at radius 2 is 2.00 bits per heavy atom. The Hall–Kier alpha value is -1.02. The van der Waals surface area contributed by atoms with Gasteiger partial charge in [0.1, 0.15) is 0 Å². The first-order valence-corrected chi connectivity index (χ1v) is 5.69. The van der Waals surface area contributed by atoms with Gasteiger partial charge in [-0.05, 0) is 25.0 Å². The highest BCUT2D eigenvalue weighted by molar-refractivity contribution is 5.53. The third-order valence-electron chi connectivity index (χ3n) is 2.94. The molecule has 1 aromatic carbocycles. The van der Waals surface area contributed by atoms with Crippen LogP contribution in [0.3, 0.4) is 0 Å². The fraction of sp³-hybridized carbons (Fsp3) is 0.538. The molecule has 15 heavy (non-hydrogen) atoms. The maximum absolute atomic E-state index is 5.81. The molecule has 0 amide bonds. The number of benzene rings is 1. The Morgan fingerprint density at radius 3 is 2.53 bits per heavy atom. The highest BCUT2D eigenvalue weighted by atomic mass is 15.1. The second kappa shape index (κ2) is 5.76. The van der Waals surface area contributed by atoms with Crippen LogP contribution in [0.15, 0.2) is 24.3 Å². The molecule has 0 saturated carbocycles. The number of aryl methyl sites for hydroxylation is 1. The quantitative estimate of drug-likeness (QED) is 0.802. The number of likely N-dealkylation sites (N-methyl/N-ethyl adjacent to an activating group) is 1. The molecule has 0 spiro atoms. The zero-order valence-corrected chi connectivity index (χ0v) is 10.0. The van der Waals surface area contributed by atoms with Crippen molar-refractivity contribution in [2.24, 2.45) is 5.73 Å². The van der Waals surface area contributed by atoms with Gasteiger partial charge in [-0.25, -0.2) is 0 Å². The fourth-order valence-electron chi connectivity index (χ4n) is 1.96. The van der Waals surface area contributed by atoms with E-state index in [0.29, 0.717) is 6.04 Å². The highest BCUT2D eigenvalue weighted by Gasteiger charge is 2.13. The summed E-state index contributed by atoms with van der Waals surface area (Å²) in [6.07, 6.45) is 2.33. The Morgan fingerprint density at radius 1 is 1.33 bits per heavy atom. The molecule has 0 aliphatic rings. The summed E-state index contributed by atoms with van der Waals surface area (Å²) in [6.45, 7) is 5.07. The van der Waals surface area contributed by atoms with E-state index in [1.807, 2.05) is 0 Å². The van der Waals surface area contributed by atoms with Crippen LogP contribution in [-0.4, -0.2) is 19.6 Å². The SMILES string of the molecule is CCCC(CN)N(C)c1ccccc1C. The van der Waals surface area contributed by atoms with Crippen LogP contribution in [0.5, 0.6) is 0 Å². The summed E-state index contributed by atoms with van der Waals surface area (Å²) in [5.74, 6) is 0. The van der Waals surface area contributed by atoms with Crippen LogP contribution < -0.4 is 10.6 Å². The van der Waals surface area contributed by atoms with Crippen molar-refractivity contribution in [3.63, 3.8) is 0 Å². The van der Waals surface area contributed by atoms with E-state index >= 15 is 0 Å². The average molecular weight is 206 g/mol. The lowest BCUT2D eigenvalue weighted by atomic mass is 10.1. The molecule has 0 aliphatic carbocycles. The van der Waals surface area contributed by atoms with Gasteiger partial charge >= 0.3 is 0 Å². The van der Waals surface area contributed by atoms with Crippen LogP contribution in [0, 0.1) is 6.92 Å². The standard InChI is InChI=1S/C13H22N2/c1-4-7-12(10-14)15(3)13-9-6-5-8-11(13)2/h5-6,8-9,12H,4,7,10,14H2,1-3H3. The second-order valence-electron chi connectivity index (χ2n) is 4.08. The molecule has 1 aromatic rings. The van der Waals surface area contributed by atoms with Gasteiger partial charge in [0.2, 0.25) is 0 Å². The van der Waals surface area contributed by atoms with Crippen LogP contribution in [0.4, 0.5) is 5.69 Å². The van der Waals surface area contributed by atoms with Gasteiger partial charge in [-0.1, -0.05) is 31.5 Å². The lowest BCUT2D eigenvalue weighted by Crippen LogP contribution is -2.38. The minimum Gasteiger partial charge on any atom is -0.370 e. The van der Waals surface area contributed by atoms with Crippen LogP contribution in [0.25, 0.3) is 0 Å². The van der Waals surface area contributed by atoms with E-state index < -0.39 is 0 Å². The van der Waals surface area contributed by atoms with Crippen LogP contribution in [0.2, 0.25) is 0 Å². The topological polar surface area (TPSA) is 29.3 Å². The normalized spacial score (nSPS) is 12.5. The summed E-state index contributed by atoms with van der Waals surface area (Å²) in [5.41, 5.74) is 8.41. The lowest BCUT2D eigenvalue weighted by Gasteiger charge is -2.30. The number of nitrogens with two attached hydrogens (primary N) is 1. The second-order valence-corrected chi connectivity index (χ2v) is 4.08. The molecule has 0 bridgehead atoms. The summed E-state index contributed by atoms with van der Waals surface area (Å²) in [4.78, 5) is 2.30. The third-order valence-corrected chi connectivity index (χ3v) is 2.94. The van der Waals surface area contributed by atoms with E-state index in [1.165, 1.54) is 17.7 Å². The molecule has 0 saturated heterocycles. The Labute approximate surface area is 93.1 Å². The molecular formula is C13H22N2. The monoisotopic (exact) mass is 206 g/mol. The number of rotatable bonds is 5. The van der Waals surface area contributed by atoms with E-state index in [2.05, 4.69) is 50.1 Å². The minimum atomic E-state index is 0.455. The number of nitrogens with zero attached hydrogens (tertiary/aromatic N) is 1. The fourth-order valence-corrected chi connectivity index (χ4v) is 1.96. The van der Waals surface area contributed by atoms with Crippen LogP contribution in [-0.2, 0) is 0 Å². The summed E-state index contributed by atoms with van der Waals surface area (Å²) in [5, 5.41) is 0. The Kier molecular flexibility index (Phi) is 4.63. The van der Waals surface area contributed by atoms with E-state index in [4.69, 9.17) is 5.73 Å². The zero-order valence-electron chi connectivity index (χ0n) is 10.0. The summed E-state index contributed by atoms with van der Waals surface area (Å²) in [6, 6.07) is 8.91. The predicted octanol–water partition coefficient (Wildman–Crippen LogP) is 2.56. The van der Waals surface area contributed by atoms with Crippen molar-refractivity contribution in [1.29, 1.82) is 0 Å². The van der Waals surface area contributed by atoms with Crippen molar-refractivity contribution in [2.75, 3.05) is 18.5 Å². The van der Waals surface area contributed by atoms with E-state index in [-0.39, 0.29) is 0 Å². The average Bonchev–Trinajstić information content (AvgIpc) is 2.25. The van der Waals surface area contributed by atoms with Crippen molar-refractivity contribution < 1.29 is 0 Å². The van der Waals surface area contributed by atoms with Crippen molar-refractivity contribution in [3.05, 3.63) is 29.8 Å². The molecule has 2 heteroatoms. The first kappa shape index (κ1) is 12.1. The molecule has 1 rings (SSSR count). The summed E-state index contributed by atoms with van der Waals surface area (Å²) < 4.78 is 0. The van der Waals surface area contributed by atoms with Gasteiger partial charge in [0.05, 0.1) is 0 Å². The van der Waals surface area contributed by atoms with Crippen molar-refractivity contribution in [1.82, 2.24) is 0 Å². The first-order chi connectivity index (χ1) is 7.20. The molecule has 1 unspecified atom stereocenters.